The van der Waals surface area contributed by atoms with Gasteiger partial charge in [0.1, 0.15) is 5.70 Å². The van der Waals surface area contributed by atoms with Crippen LogP contribution >= 0.6 is 11.6 Å². The van der Waals surface area contributed by atoms with Crippen molar-refractivity contribution in [1.29, 1.82) is 0 Å². The Balaban J connectivity index is 1.83. The first-order valence-corrected chi connectivity index (χ1v) is 9.68. The van der Waals surface area contributed by atoms with Crippen LogP contribution < -0.4 is 4.90 Å². The molecule has 144 valence electrons. The Bertz CT molecular complexity index is 930. The maximum atomic E-state index is 13.4. The molecule has 2 atom stereocenters. The van der Waals surface area contributed by atoms with Gasteiger partial charge in [0.25, 0.3) is 11.8 Å². The molecule has 0 spiro atoms. The predicted octanol–water partition coefficient (Wildman–Crippen LogP) is 3.73. The van der Waals surface area contributed by atoms with Crippen LogP contribution in [0.15, 0.2) is 60.3 Å². The van der Waals surface area contributed by atoms with Gasteiger partial charge in [-0.3, -0.25) is 9.59 Å². The van der Waals surface area contributed by atoms with Gasteiger partial charge in [-0.25, -0.2) is 4.90 Å². The normalized spacial score (nSPS) is 23.0. The number of morpholine rings is 1. The smallest absolute Gasteiger partial charge is 0.282 e. The zero-order valence-electron chi connectivity index (χ0n) is 15.8. The third-order valence-electron chi connectivity index (χ3n) is 4.94. The van der Waals surface area contributed by atoms with Gasteiger partial charge < -0.3 is 9.64 Å². The lowest BCUT2D eigenvalue weighted by Crippen LogP contribution is -2.47. The molecule has 0 radical (unpaired) electrons. The largest absolute Gasteiger partial charge is 0.372 e. The van der Waals surface area contributed by atoms with Crippen molar-refractivity contribution in [1.82, 2.24) is 4.90 Å². The molecule has 1 fully saturated rings. The molecule has 2 aromatic rings. The zero-order valence-corrected chi connectivity index (χ0v) is 16.5. The second-order valence-electron chi connectivity index (χ2n) is 7.17. The third-order valence-corrected chi connectivity index (χ3v) is 5.19. The van der Waals surface area contributed by atoms with E-state index in [0.29, 0.717) is 40.6 Å². The quantitative estimate of drug-likeness (QED) is 0.742. The SMILES string of the molecule is CC1CN(C2=C(c3ccc(Cl)cc3)C(=O)N(c3ccccc3)C2=O)CC(C)O1. The van der Waals surface area contributed by atoms with Crippen LogP contribution in [-0.2, 0) is 14.3 Å². The standard InChI is InChI=1S/C22H21ClN2O3/c1-14-12-24(13-15(2)28-14)20-19(16-8-10-17(23)11-9-16)21(26)25(22(20)27)18-6-4-3-5-7-18/h3-11,14-15H,12-13H2,1-2H3. The molecule has 5 nitrogen and oxygen atoms in total. The first-order chi connectivity index (χ1) is 13.5. The molecule has 2 amide bonds. The number of nitrogens with zero attached hydrogens (tertiary/aromatic N) is 2. The van der Waals surface area contributed by atoms with Crippen LogP contribution in [0.2, 0.25) is 5.02 Å². The number of carbonyl (C=O) groups is 2. The van der Waals surface area contributed by atoms with E-state index < -0.39 is 0 Å². The number of para-hydroxylation sites is 1. The van der Waals surface area contributed by atoms with E-state index in [0.717, 1.165) is 0 Å². The van der Waals surface area contributed by atoms with E-state index in [1.807, 2.05) is 36.9 Å². The van der Waals surface area contributed by atoms with Gasteiger partial charge in [0, 0.05) is 18.1 Å². The zero-order chi connectivity index (χ0) is 19.8. The number of carbonyl (C=O) groups excluding carboxylic acids is 2. The second kappa shape index (κ2) is 7.41. The summed E-state index contributed by atoms with van der Waals surface area (Å²) in [7, 11) is 0. The van der Waals surface area contributed by atoms with E-state index in [4.69, 9.17) is 16.3 Å². The van der Waals surface area contributed by atoms with Crippen molar-refractivity contribution in [2.75, 3.05) is 18.0 Å². The second-order valence-corrected chi connectivity index (χ2v) is 7.61. The summed E-state index contributed by atoms with van der Waals surface area (Å²) in [6, 6.07) is 16.0. The van der Waals surface area contributed by atoms with Crippen molar-refractivity contribution in [3.8, 4) is 0 Å². The van der Waals surface area contributed by atoms with Gasteiger partial charge in [-0.15, -0.1) is 0 Å². The summed E-state index contributed by atoms with van der Waals surface area (Å²) in [4.78, 5) is 30.0. The van der Waals surface area contributed by atoms with Crippen LogP contribution in [-0.4, -0.2) is 42.0 Å². The highest BCUT2D eigenvalue weighted by molar-refractivity contribution is 6.45. The Morgan fingerprint density at radius 2 is 1.50 bits per heavy atom. The third kappa shape index (κ3) is 3.32. The molecule has 2 unspecified atom stereocenters. The Morgan fingerprint density at radius 3 is 2.11 bits per heavy atom. The Hall–Kier alpha value is -2.63. The van der Waals surface area contributed by atoms with E-state index in [9.17, 15) is 9.59 Å². The Labute approximate surface area is 169 Å². The highest BCUT2D eigenvalue weighted by atomic mass is 35.5. The predicted molar refractivity (Wildman–Crippen MR) is 109 cm³/mol. The molecule has 4 rings (SSSR count). The van der Waals surface area contributed by atoms with Gasteiger partial charge in [-0.05, 0) is 43.7 Å². The fourth-order valence-corrected chi connectivity index (χ4v) is 3.99. The van der Waals surface area contributed by atoms with Gasteiger partial charge in [0.2, 0.25) is 0 Å². The fourth-order valence-electron chi connectivity index (χ4n) is 3.86. The molecule has 1 saturated heterocycles. The fraction of sp³-hybridized carbons (Fsp3) is 0.273. The average Bonchev–Trinajstić information content (AvgIpc) is 2.93. The first-order valence-electron chi connectivity index (χ1n) is 9.30. The lowest BCUT2D eigenvalue weighted by molar-refractivity contribution is -0.121. The molecule has 28 heavy (non-hydrogen) atoms. The van der Waals surface area contributed by atoms with Crippen LogP contribution in [0, 0.1) is 0 Å². The molecule has 2 aliphatic heterocycles. The summed E-state index contributed by atoms with van der Waals surface area (Å²) in [6.45, 7) is 5.06. The van der Waals surface area contributed by atoms with Crippen molar-refractivity contribution in [2.45, 2.75) is 26.1 Å². The van der Waals surface area contributed by atoms with Crippen LogP contribution in [0.4, 0.5) is 5.69 Å². The monoisotopic (exact) mass is 396 g/mol. The highest BCUT2D eigenvalue weighted by Gasteiger charge is 2.43. The van der Waals surface area contributed by atoms with Gasteiger partial charge >= 0.3 is 0 Å². The summed E-state index contributed by atoms with van der Waals surface area (Å²) in [5, 5.41) is 0.580. The molecule has 0 aliphatic carbocycles. The lowest BCUT2D eigenvalue weighted by atomic mass is 10.0. The maximum absolute atomic E-state index is 13.4. The van der Waals surface area contributed by atoms with E-state index in [2.05, 4.69) is 0 Å². The average molecular weight is 397 g/mol. The van der Waals surface area contributed by atoms with Crippen molar-refractivity contribution in [2.24, 2.45) is 0 Å². The lowest BCUT2D eigenvalue weighted by Gasteiger charge is -2.37. The number of benzene rings is 2. The number of hydrogen-bond donors (Lipinski definition) is 0. The number of hydrogen-bond acceptors (Lipinski definition) is 4. The number of halogens is 1. The van der Waals surface area contributed by atoms with Gasteiger partial charge in [-0.1, -0.05) is 41.9 Å². The van der Waals surface area contributed by atoms with E-state index in [1.54, 1.807) is 36.4 Å². The summed E-state index contributed by atoms with van der Waals surface area (Å²) in [5.74, 6) is -0.622. The van der Waals surface area contributed by atoms with E-state index in [1.165, 1.54) is 4.90 Å². The first kappa shape index (κ1) is 18.7. The molecule has 0 aromatic heterocycles. The summed E-state index contributed by atoms with van der Waals surface area (Å²) in [5.41, 5.74) is 2.08. The van der Waals surface area contributed by atoms with Crippen molar-refractivity contribution in [3.05, 3.63) is 70.9 Å². The summed E-state index contributed by atoms with van der Waals surface area (Å²) < 4.78 is 5.81. The van der Waals surface area contributed by atoms with Crippen LogP contribution in [0.1, 0.15) is 19.4 Å². The van der Waals surface area contributed by atoms with E-state index >= 15 is 0 Å². The molecule has 2 aliphatic rings. The Morgan fingerprint density at radius 1 is 0.893 bits per heavy atom. The topological polar surface area (TPSA) is 49.9 Å². The summed E-state index contributed by atoms with van der Waals surface area (Å²) >= 11 is 6.03. The molecule has 0 saturated carbocycles. The number of imide groups is 1. The van der Waals surface area contributed by atoms with Crippen molar-refractivity contribution < 1.29 is 14.3 Å². The molecule has 6 heteroatoms. The molecule has 0 bridgehead atoms. The Kier molecular flexibility index (Phi) is 4.96. The van der Waals surface area contributed by atoms with Crippen molar-refractivity contribution in [3.63, 3.8) is 0 Å². The maximum Gasteiger partial charge on any atom is 0.282 e. The van der Waals surface area contributed by atoms with Crippen LogP contribution in [0.3, 0.4) is 0 Å². The molecular formula is C22H21ClN2O3. The van der Waals surface area contributed by atoms with Gasteiger partial charge in [-0.2, -0.15) is 0 Å². The van der Waals surface area contributed by atoms with Crippen LogP contribution in [0.25, 0.3) is 5.57 Å². The number of rotatable bonds is 3. The minimum atomic E-state index is -0.319. The number of anilines is 1. The van der Waals surface area contributed by atoms with Gasteiger partial charge in [0.15, 0.2) is 0 Å². The van der Waals surface area contributed by atoms with Crippen LogP contribution in [0.5, 0.6) is 0 Å². The van der Waals surface area contributed by atoms with Gasteiger partial charge in [0.05, 0.1) is 23.5 Å². The molecule has 2 heterocycles. The molecule has 2 aromatic carbocycles. The number of ether oxygens (including phenoxy) is 1. The highest BCUT2D eigenvalue weighted by Crippen LogP contribution is 2.36. The van der Waals surface area contributed by atoms with E-state index in [-0.39, 0.29) is 24.0 Å². The van der Waals surface area contributed by atoms with Crippen molar-refractivity contribution >= 4 is 34.7 Å². The molecule has 0 N–H and O–H groups in total. The summed E-state index contributed by atoms with van der Waals surface area (Å²) in [6.07, 6.45) is -0.0622. The number of amides is 2. The minimum absolute atomic E-state index is 0.0311. The minimum Gasteiger partial charge on any atom is -0.372 e. The molecular weight excluding hydrogens is 376 g/mol.